The SMILES string of the molecule is CNS(=O)(=O)Cc1ccc(CNC(=O)N(C)Cc2ccc(OC)cc2)cc1. The summed E-state index contributed by atoms with van der Waals surface area (Å²) < 4.78 is 30.5. The van der Waals surface area contributed by atoms with Crippen molar-refractivity contribution in [2.24, 2.45) is 0 Å². The van der Waals surface area contributed by atoms with Crippen LogP contribution in [-0.2, 0) is 28.9 Å². The van der Waals surface area contributed by atoms with E-state index in [1.54, 1.807) is 31.2 Å². The molecule has 0 aromatic heterocycles. The average Bonchev–Trinajstić information content (AvgIpc) is 2.67. The summed E-state index contributed by atoms with van der Waals surface area (Å²) in [6.45, 7) is 0.849. The number of hydrogen-bond donors (Lipinski definition) is 2. The Kier molecular flexibility index (Phi) is 7.20. The van der Waals surface area contributed by atoms with Gasteiger partial charge in [0.25, 0.3) is 0 Å². The molecule has 0 aliphatic rings. The van der Waals surface area contributed by atoms with Crippen LogP contribution < -0.4 is 14.8 Å². The second-order valence-corrected chi connectivity index (χ2v) is 8.07. The average molecular weight is 391 g/mol. The number of sulfonamides is 1. The van der Waals surface area contributed by atoms with Gasteiger partial charge in [-0.05, 0) is 35.9 Å². The molecule has 0 fully saturated rings. The van der Waals surface area contributed by atoms with E-state index in [1.807, 2.05) is 36.4 Å². The molecule has 7 nitrogen and oxygen atoms in total. The van der Waals surface area contributed by atoms with Gasteiger partial charge in [-0.1, -0.05) is 36.4 Å². The Hall–Kier alpha value is -2.58. The summed E-state index contributed by atoms with van der Waals surface area (Å²) in [4.78, 5) is 13.8. The molecule has 2 N–H and O–H groups in total. The maximum Gasteiger partial charge on any atom is 0.317 e. The highest BCUT2D eigenvalue weighted by molar-refractivity contribution is 7.88. The van der Waals surface area contributed by atoms with Crippen LogP contribution in [0.1, 0.15) is 16.7 Å². The Balaban J connectivity index is 1.85. The molecule has 0 atom stereocenters. The molecule has 0 aliphatic carbocycles. The van der Waals surface area contributed by atoms with E-state index in [0.717, 1.165) is 16.9 Å². The predicted molar refractivity (Wildman–Crippen MR) is 105 cm³/mol. The van der Waals surface area contributed by atoms with Gasteiger partial charge in [0.2, 0.25) is 10.0 Å². The topological polar surface area (TPSA) is 87.7 Å². The highest BCUT2D eigenvalue weighted by atomic mass is 32.2. The van der Waals surface area contributed by atoms with E-state index in [0.29, 0.717) is 18.7 Å². The molecule has 2 aromatic carbocycles. The Labute approximate surface area is 160 Å². The largest absolute Gasteiger partial charge is 0.497 e. The smallest absolute Gasteiger partial charge is 0.317 e. The maximum atomic E-state index is 12.2. The van der Waals surface area contributed by atoms with Crippen molar-refractivity contribution in [2.75, 3.05) is 21.2 Å². The van der Waals surface area contributed by atoms with Crippen LogP contribution in [-0.4, -0.2) is 40.6 Å². The third-order valence-electron chi connectivity index (χ3n) is 4.06. The van der Waals surface area contributed by atoms with Crippen LogP contribution in [0.3, 0.4) is 0 Å². The van der Waals surface area contributed by atoms with Gasteiger partial charge in [-0.25, -0.2) is 17.9 Å². The number of rotatable bonds is 8. The van der Waals surface area contributed by atoms with Gasteiger partial charge < -0.3 is 15.0 Å². The number of amides is 2. The van der Waals surface area contributed by atoms with E-state index in [4.69, 9.17) is 4.74 Å². The van der Waals surface area contributed by atoms with Gasteiger partial charge in [-0.3, -0.25) is 0 Å². The number of nitrogens with one attached hydrogen (secondary N) is 2. The molecular formula is C19H25N3O4S. The Morgan fingerprint density at radius 1 is 1.00 bits per heavy atom. The molecule has 0 saturated carbocycles. The standard InChI is InChI=1S/C19H25N3O4S/c1-20-27(24,25)14-17-6-4-15(5-7-17)12-21-19(23)22(2)13-16-8-10-18(26-3)11-9-16/h4-11,20H,12-14H2,1-3H3,(H,21,23). The van der Waals surface area contributed by atoms with Crippen molar-refractivity contribution >= 4 is 16.1 Å². The third kappa shape index (κ3) is 6.58. The van der Waals surface area contributed by atoms with Crippen molar-refractivity contribution in [1.82, 2.24) is 14.9 Å². The molecule has 8 heteroatoms. The number of nitrogens with zero attached hydrogens (tertiary/aromatic N) is 1. The van der Waals surface area contributed by atoms with Crippen molar-refractivity contribution in [3.63, 3.8) is 0 Å². The quantitative estimate of drug-likeness (QED) is 0.721. The number of carbonyl (C=O) groups excluding carboxylic acids is 1. The lowest BCUT2D eigenvalue weighted by Crippen LogP contribution is -2.36. The fourth-order valence-corrected chi connectivity index (χ4v) is 3.21. The third-order valence-corrected chi connectivity index (χ3v) is 5.40. The van der Waals surface area contributed by atoms with Crippen LogP contribution in [0, 0.1) is 0 Å². The lowest BCUT2D eigenvalue weighted by atomic mass is 10.1. The number of ether oxygens (including phenoxy) is 1. The molecule has 0 bridgehead atoms. The monoisotopic (exact) mass is 391 g/mol. The Morgan fingerprint density at radius 3 is 2.11 bits per heavy atom. The molecule has 2 rings (SSSR count). The second kappa shape index (κ2) is 9.38. The van der Waals surface area contributed by atoms with E-state index in [-0.39, 0.29) is 11.8 Å². The zero-order valence-electron chi connectivity index (χ0n) is 15.7. The van der Waals surface area contributed by atoms with E-state index in [2.05, 4.69) is 10.0 Å². The van der Waals surface area contributed by atoms with Crippen LogP contribution >= 0.6 is 0 Å². The van der Waals surface area contributed by atoms with Gasteiger partial charge in [0.15, 0.2) is 0 Å². The Bertz CT molecular complexity index is 850. The second-order valence-electron chi connectivity index (χ2n) is 6.14. The van der Waals surface area contributed by atoms with Gasteiger partial charge in [-0.15, -0.1) is 0 Å². The first-order chi connectivity index (χ1) is 12.8. The van der Waals surface area contributed by atoms with Crippen LogP contribution in [0.2, 0.25) is 0 Å². The molecule has 2 aromatic rings. The van der Waals surface area contributed by atoms with E-state index >= 15 is 0 Å². The van der Waals surface area contributed by atoms with Crippen molar-refractivity contribution in [3.8, 4) is 5.75 Å². The number of urea groups is 1. The summed E-state index contributed by atoms with van der Waals surface area (Å²) in [5.41, 5.74) is 2.59. The lowest BCUT2D eigenvalue weighted by Gasteiger charge is -2.18. The highest BCUT2D eigenvalue weighted by Gasteiger charge is 2.10. The highest BCUT2D eigenvalue weighted by Crippen LogP contribution is 2.13. The number of benzene rings is 2. The molecule has 0 radical (unpaired) electrons. The van der Waals surface area contributed by atoms with E-state index < -0.39 is 10.0 Å². The summed E-state index contributed by atoms with van der Waals surface area (Å²) >= 11 is 0. The van der Waals surface area contributed by atoms with Gasteiger partial charge >= 0.3 is 6.03 Å². The van der Waals surface area contributed by atoms with Gasteiger partial charge in [0.05, 0.1) is 12.9 Å². The molecule has 0 saturated heterocycles. The van der Waals surface area contributed by atoms with Crippen molar-refractivity contribution in [3.05, 3.63) is 65.2 Å². The first-order valence-electron chi connectivity index (χ1n) is 8.44. The summed E-state index contributed by atoms with van der Waals surface area (Å²) in [6, 6.07) is 14.5. The summed E-state index contributed by atoms with van der Waals surface area (Å²) in [5, 5.41) is 2.85. The zero-order valence-corrected chi connectivity index (χ0v) is 16.5. The van der Waals surface area contributed by atoms with Crippen LogP contribution in [0.15, 0.2) is 48.5 Å². The summed E-state index contributed by atoms with van der Waals surface area (Å²) in [5.74, 6) is 0.706. The minimum atomic E-state index is -3.29. The normalized spacial score (nSPS) is 11.1. The van der Waals surface area contributed by atoms with Gasteiger partial charge in [0.1, 0.15) is 5.75 Å². The number of hydrogen-bond acceptors (Lipinski definition) is 4. The van der Waals surface area contributed by atoms with E-state index in [9.17, 15) is 13.2 Å². The fourth-order valence-electron chi connectivity index (χ4n) is 2.43. The molecule has 0 unspecified atom stereocenters. The summed E-state index contributed by atoms with van der Waals surface area (Å²) in [6.07, 6.45) is 0. The van der Waals surface area contributed by atoms with Gasteiger partial charge in [0, 0.05) is 20.1 Å². The van der Waals surface area contributed by atoms with Gasteiger partial charge in [-0.2, -0.15) is 0 Å². The maximum absolute atomic E-state index is 12.2. The molecule has 0 aliphatic heterocycles. The van der Waals surface area contributed by atoms with E-state index in [1.165, 1.54) is 7.05 Å². The summed E-state index contributed by atoms with van der Waals surface area (Å²) in [7, 11) is 1.44. The first kappa shape index (κ1) is 20.7. The van der Waals surface area contributed by atoms with Crippen molar-refractivity contribution < 1.29 is 17.9 Å². The van der Waals surface area contributed by atoms with Crippen LogP contribution in [0.5, 0.6) is 5.75 Å². The number of methoxy groups -OCH3 is 1. The van der Waals surface area contributed by atoms with Crippen molar-refractivity contribution in [1.29, 1.82) is 0 Å². The number of carbonyl (C=O) groups is 1. The first-order valence-corrected chi connectivity index (χ1v) is 10.1. The molecular weight excluding hydrogens is 366 g/mol. The van der Waals surface area contributed by atoms with Crippen LogP contribution in [0.25, 0.3) is 0 Å². The minimum absolute atomic E-state index is 0.0687. The lowest BCUT2D eigenvalue weighted by molar-refractivity contribution is 0.206. The molecule has 0 spiro atoms. The Morgan fingerprint density at radius 2 is 1.56 bits per heavy atom. The fraction of sp³-hybridized carbons (Fsp3) is 0.316. The zero-order chi connectivity index (χ0) is 19.9. The molecule has 0 heterocycles. The molecule has 146 valence electrons. The van der Waals surface area contributed by atoms with Crippen molar-refractivity contribution in [2.45, 2.75) is 18.8 Å². The predicted octanol–water partition coefficient (Wildman–Crippen LogP) is 2.09. The molecule has 2 amide bonds. The molecule has 27 heavy (non-hydrogen) atoms. The van der Waals surface area contributed by atoms with Crippen LogP contribution in [0.4, 0.5) is 4.79 Å². The minimum Gasteiger partial charge on any atom is -0.497 e.